The number of benzene rings is 1. The molecule has 3 heteroatoms. The van der Waals surface area contributed by atoms with Crippen LogP contribution in [0.1, 0.15) is 11.4 Å². The van der Waals surface area contributed by atoms with Gasteiger partial charge in [-0.3, -0.25) is 0 Å². The molecule has 0 saturated carbocycles. The van der Waals surface area contributed by atoms with Gasteiger partial charge in [0.15, 0.2) is 0 Å². The molecule has 0 amide bonds. The molecule has 1 aromatic carbocycles. The molecule has 2 rings (SSSR count). The maximum atomic E-state index is 5.48. The van der Waals surface area contributed by atoms with Gasteiger partial charge in [-0.05, 0) is 30.7 Å². The van der Waals surface area contributed by atoms with Crippen molar-refractivity contribution in [3.63, 3.8) is 0 Å². The van der Waals surface area contributed by atoms with Crippen LogP contribution in [0.5, 0.6) is 0 Å². The third-order valence-corrected chi connectivity index (χ3v) is 3.18. The molecule has 0 aliphatic rings. The molecule has 1 heterocycles. The lowest BCUT2D eigenvalue weighted by Crippen LogP contribution is -1.98. The van der Waals surface area contributed by atoms with E-state index in [0.717, 1.165) is 22.5 Å². The Bertz CT molecular complexity index is 426. The maximum Gasteiger partial charge on any atom is 0.120 e. The molecule has 0 spiro atoms. The van der Waals surface area contributed by atoms with E-state index in [2.05, 4.69) is 17.6 Å². The largest absolute Gasteiger partial charge is 0.330 e. The van der Waals surface area contributed by atoms with Crippen molar-refractivity contribution in [2.24, 2.45) is 5.73 Å². The molecular weight excluding hydrogens is 192 g/mol. The summed E-state index contributed by atoms with van der Waals surface area (Å²) >= 11 is 1.68. The Morgan fingerprint density at radius 1 is 1.43 bits per heavy atom. The molecule has 1 aromatic heterocycles. The fourth-order valence-corrected chi connectivity index (χ4v) is 2.27. The fourth-order valence-electron chi connectivity index (χ4n) is 1.30. The van der Waals surface area contributed by atoms with Crippen LogP contribution in [-0.2, 0) is 0 Å². The van der Waals surface area contributed by atoms with Crippen molar-refractivity contribution < 1.29 is 0 Å². The van der Waals surface area contributed by atoms with E-state index < -0.39 is 0 Å². The Morgan fingerprint density at radius 3 is 2.93 bits per heavy atom. The Kier molecular flexibility index (Phi) is 2.61. The van der Waals surface area contributed by atoms with Gasteiger partial charge in [0.25, 0.3) is 0 Å². The number of fused-ring (bicyclic) bond motifs is 1. The number of aromatic nitrogens is 1. The molecule has 0 atom stereocenters. The van der Waals surface area contributed by atoms with Gasteiger partial charge in [0.2, 0.25) is 0 Å². The van der Waals surface area contributed by atoms with Gasteiger partial charge in [-0.1, -0.05) is 18.7 Å². The predicted molar refractivity (Wildman–Crippen MR) is 62.3 cm³/mol. The van der Waals surface area contributed by atoms with E-state index >= 15 is 0 Å². The zero-order chi connectivity index (χ0) is 9.97. The number of para-hydroxylation sites is 1. The monoisotopic (exact) mass is 204 g/mol. The van der Waals surface area contributed by atoms with E-state index in [1.807, 2.05) is 18.2 Å². The number of hydrogen-bond donors (Lipinski definition) is 1. The number of hydrogen-bond acceptors (Lipinski definition) is 3. The molecular formula is C11H12N2S. The summed E-state index contributed by atoms with van der Waals surface area (Å²) in [5.74, 6) is 0. The second-order valence-corrected chi connectivity index (χ2v) is 4.16. The Labute approximate surface area is 87.1 Å². The third kappa shape index (κ3) is 1.69. The molecule has 0 bridgehead atoms. The highest BCUT2D eigenvalue weighted by molar-refractivity contribution is 7.19. The van der Waals surface area contributed by atoms with E-state index in [4.69, 9.17) is 5.73 Å². The highest BCUT2D eigenvalue weighted by Gasteiger charge is 2.05. The van der Waals surface area contributed by atoms with Gasteiger partial charge in [0.1, 0.15) is 5.01 Å². The molecule has 2 N–H and O–H groups in total. The van der Waals surface area contributed by atoms with Crippen LogP contribution < -0.4 is 5.73 Å². The van der Waals surface area contributed by atoms with Crippen LogP contribution in [0.25, 0.3) is 15.8 Å². The SMILES string of the molecule is C=C(CCN)c1nc2ccccc2s1. The average molecular weight is 204 g/mol. The number of rotatable bonds is 3. The van der Waals surface area contributed by atoms with Crippen molar-refractivity contribution in [2.45, 2.75) is 6.42 Å². The van der Waals surface area contributed by atoms with Crippen LogP contribution in [0.2, 0.25) is 0 Å². The van der Waals surface area contributed by atoms with Gasteiger partial charge < -0.3 is 5.73 Å². The topological polar surface area (TPSA) is 38.9 Å². The minimum Gasteiger partial charge on any atom is -0.330 e. The zero-order valence-corrected chi connectivity index (χ0v) is 8.68. The average Bonchev–Trinajstić information content (AvgIpc) is 2.61. The van der Waals surface area contributed by atoms with Crippen molar-refractivity contribution >= 4 is 27.1 Å². The molecule has 72 valence electrons. The Hall–Kier alpha value is -1.19. The molecule has 0 radical (unpaired) electrons. The summed E-state index contributed by atoms with van der Waals surface area (Å²) < 4.78 is 1.21. The Balaban J connectivity index is 2.40. The zero-order valence-electron chi connectivity index (χ0n) is 7.86. The first-order valence-corrected chi connectivity index (χ1v) is 5.36. The number of nitrogens with zero attached hydrogens (tertiary/aromatic N) is 1. The van der Waals surface area contributed by atoms with Crippen LogP contribution >= 0.6 is 11.3 Å². The molecule has 14 heavy (non-hydrogen) atoms. The quantitative estimate of drug-likeness (QED) is 0.834. The molecule has 0 unspecified atom stereocenters. The highest BCUT2D eigenvalue weighted by Crippen LogP contribution is 2.27. The van der Waals surface area contributed by atoms with E-state index in [1.54, 1.807) is 11.3 Å². The van der Waals surface area contributed by atoms with Gasteiger partial charge in [-0.25, -0.2) is 4.98 Å². The lowest BCUT2D eigenvalue weighted by atomic mass is 10.2. The van der Waals surface area contributed by atoms with Crippen molar-refractivity contribution in [3.05, 3.63) is 35.9 Å². The summed E-state index contributed by atoms with van der Waals surface area (Å²) in [7, 11) is 0. The van der Waals surface area contributed by atoms with Crippen molar-refractivity contribution in [1.29, 1.82) is 0 Å². The third-order valence-electron chi connectivity index (χ3n) is 2.04. The molecule has 2 aromatic rings. The second-order valence-electron chi connectivity index (χ2n) is 3.13. The van der Waals surface area contributed by atoms with Gasteiger partial charge in [-0.15, -0.1) is 11.3 Å². The number of nitrogens with two attached hydrogens (primary N) is 1. The minimum absolute atomic E-state index is 0.634. The molecule has 0 aliphatic heterocycles. The van der Waals surface area contributed by atoms with E-state index in [1.165, 1.54) is 4.70 Å². The van der Waals surface area contributed by atoms with Gasteiger partial charge in [0, 0.05) is 0 Å². The van der Waals surface area contributed by atoms with E-state index in [9.17, 15) is 0 Å². The lowest BCUT2D eigenvalue weighted by molar-refractivity contribution is 1.02. The first-order chi connectivity index (χ1) is 6.81. The predicted octanol–water partition coefficient (Wildman–Crippen LogP) is 2.66. The van der Waals surface area contributed by atoms with E-state index in [0.29, 0.717) is 6.54 Å². The minimum atomic E-state index is 0.634. The first kappa shape index (κ1) is 9.37. The van der Waals surface area contributed by atoms with Crippen LogP contribution in [0.3, 0.4) is 0 Å². The molecule has 0 aliphatic carbocycles. The summed E-state index contributed by atoms with van der Waals surface area (Å²) in [6.45, 7) is 4.61. The van der Waals surface area contributed by atoms with Crippen molar-refractivity contribution in [2.75, 3.05) is 6.54 Å². The van der Waals surface area contributed by atoms with Crippen LogP contribution in [-0.4, -0.2) is 11.5 Å². The maximum absolute atomic E-state index is 5.48. The van der Waals surface area contributed by atoms with Crippen molar-refractivity contribution in [3.8, 4) is 0 Å². The fraction of sp³-hybridized carbons (Fsp3) is 0.182. The summed E-state index contributed by atoms with van der Waals surface area (Å²) in [6.07, 6.45) is 0.819. The van der Waals surface area contributed by atoms with Crippen LogP contribution in [0, 0.1) is 0 Å². The van der Waals surface area contributed by atoms with Crippen LogP contribution in [0.15, 0.2) is 30.8 Å². The van der Waals surface area contributed by atoms with Crippen LogP contribution in [0.4, 0.5) is 0 Å². The van der Waals surface area contributed by atoms with Gasteiger partial charge in [0.05, 0.1) is 10.2 Å². The first-order valence-electron chi connectivity index (χ1n) is 4.55. The standard InChI is InChI=1S/C11H12N2S/c1-8(6-7-12)11-13-9-4-2-3-5-10(9)14-11/h2-5H,1,6-7,12H2. The second kappa shape index (κ2) is 3.90. The highest BCUT2D eigenvalue weighted by atomic mass is 32.1. The van der Waals surface area contributed by atoms with Gasteiger partial charge in [-0.2, -0.15) is 0 Å². The number of thiazole rings is 1. The molecule has 0 saturated heterocycles. The summed E-state index contributed by atoms with van der Waals surface area (Å²) in [6, 6.07) is 8.12. The normalized spacial score (nSPS) is 10.6. The summed E-state index contributed by atoms with van der Waals surface area (Å²) in [4.78, 5) is 4.49. The Morgan fingerprint density at radius 2 is 2.21 bits per heavy atom. The summed E-state index contributed by atoms with van der Waals surface area (Å²) in [5.41, 5.74) is 7.56. The molecule has 2 nitrogen and oxygen atoms in total. The summed E-state index contributed by atoms with van der Waals surface area (Å²) in [5, 5.41) is 1.01. The lowest BCUT2D eigenvalue weighted by Gasteiger charge is -1.96. The van der Waals surface area contributed by atoms with Gasteiger partial charge >= 0.3 is 0 Å². The smallest absolute Gasteiger partial charge is 0.120 e. The van der Waals surface area contributed by atoms with E-state index in [-0.39, 0.29) is 0 Å². The molecule has 0 fully saturated rings. The van der Waals surface area contributed by atoms with Crippen molar-refractivity contribution in [1.82, 2.24) is 4.98 Å².